The van der Waals surface area contributed by atoms with E-state index in [4.69, 9.17) is 15.2 Å². The zero-order chi connectivity index (χ0) is 14.7. The van der Waals surface area contributed by atoms with E-state index in [2.05, 4.69) is 13.0 Å². The van der Waals surface area contributed by atoms with E-state index in [0.717, 1.165) is 34.0 Å². The van der Waals surface area contributed by atoms with Gasteiger partial charge in [-0.1, -0.05) is 25.8 Å². The molecule has 3 nitrogen and oxygen atoms in total. The van der Waals surface area contributed by atoms with Gasteiger partial charge in [-0.15, -0.1) is 0 Å². The summed E-state index contributed by atoms with van der Waals surface area (Å²) in [7, 11) is 0. The fourth-order valence-electron chi connectivity index (χ4n) is 3.16. The molecular weight excluding hydrogens is 282 g/mol. The van der Waals surface area contributed by atoms with Crippen molar-refractivity contribution in [3.05, 3.63) is 23.8 Å². The second-order valence-electron chi connectivity index (χ2n) is 6.24. The first-order valence-electron chi connectivity index (χ1n) is 7.99. The molecule has 1 aromatic rings. The standard InChI is InChI=1S/C17H25NO2S/c1-12-3-2-4-14(9-12)21-11-15(18)13-5-6-16-17(10-13)20-8-7-19-16/h5-6,10,12,14-15H,2-4,7-9,11,18H2,1H3. The van der Waals surface area contributed by atoms with Crippen LogP contribution in [0.5, 0.6) is 11.5 Å². The van der Waals surface area contributed by atoms with E-state index in [1.807, 2.05) is 23.9 Å². The molecule has 3 rings (SSSR count). The topological polar surface area (TPSA) is 44.5 Å². The van der Waals surface area contributed by atoms with Gasteiger partial charge in [-0.05, 0) is 36.5 Å². The third-order valence-electron chi connectivity index (χ3n) is 4.39. The zero-order valence-electron chi connectivity index (χ0n) is 12.7. The van der Waals surface area contributed by atoms with Crippen molar-refractivity contribution in [2.75, 3.05) is 19.0 Å². The lowest BCUT2D eigenvalue weighted by molar-refractivity contribution is 0.171. The Morgan fingerprint density at radius 1 is 1.24 bits per heavy atom. The molecule has 1 saturated carbocycles. The number of rotatable bonds is 4. The molecular formula is C17H25NO2S. The molecule has 3 atom stereocenters. The minimum absolute atomic E-state index is 0.0723. The third kappa shape index (κ3) is 3.86. The molecule has 0 amide bonds. The maximum absolute atomic E-state index is 6.36. The number of hydrogen-bond donors (Lipinski definition) is 1. The molecule has 1 aliphatic carbocycles. The highest BCUT2D eigenvalue weighted by molar-refractivity contribution is 7.99. The number of hydrogen-bond acceptors (Lipinski definition) is 4. The van der Waals surface area contributed by atoms with E-state index in [1.54, 1.807) is 0 Å². The summed E-state index contributed by atoms with van der Waals surface area (Å²) in [4.78, 5) is 0. The highest BCUT2D eigenvalue weighted by Crippen LogP contribution is 2.35. The van der Waals surface area contributed by atoms with Gasteiger partial charge in [0, 0.05) is 17.0 Å². The van der Waals surface area contributed by atoms with E-state index < -0.39 is 0 Å². The summed E-state index contributed by atoms with van der Waals surface area (Å²) in [5.41, 5.74) is 7.51. The lowest BCUT2D eigenvalue weighted by Gasteiger charge is -2.27. The van der Waals surface area contributed by atoms with Gasteiger partial charge in [-0.3, -0.25) is 0 Å². The molecule has 0 radical (unpaired) electrons. The molecule has 21 heavy (non-hydrogen) atoms. The van der Waals surface area contributed by atoms with Crippen LogP contribution >= 0.6 is 11.8 Å². The molecule has 0 aromatic heterocycles. The van der Waals surface area contributed by atoms with Crippen LogP contribution in [0.25, 0.3) is 0 Å². The Hall–Kier alpha value is -0.870. The fraction of sp³-hybridized carbons (Fsp3) is 0.647. The lowest BCUT2D eigenvalue weighted by Crippen LogP contribution is -2.20. The van der Waals surface area contributed by atoms with Crippen LogP contribution in [0.1, 0.15) is 44.2 Å². The highest BCUT2D eigenvalue weighted by atomic mass is 32.2. The Kier molecular flexibility index (Phi) is 4.96. The molecule has 0 saturated heterocycles. The number of thioether (sulfide) groups is 1. The van der Waals surface area contributed by atoms with Gasteiger partial charge in [0.25, 0.3) is 0 Å². The molecule has 1 fully saturated rings. The van der Waals surface area contributed by atoms with E-state index in [1.165, 1.54) is 25.7 Å². The van der Waals surface area contributed by atoms with E-state index in [9.17, 15) is 0 Å². The molecule has 116 valence electrons. The minimum Gasteiger partial charge on any atom is -0.486 e. The fourth-order valence-corrected chi connectivity index (χ4v) is 4.63. The van der Waals surface area contributed by atoms with Crippen molar-refractivity contribution in [2.24, 2.45) is 11.7 Å². The van der Waals surface area contributed by atoms with Gasteiger partial charge in [0.2, 0.25) is 0 Å². The van der Waals surface area contributed by atoms with Crippen molar-refractivity contribution in [1.29, 1.82) is 0 Å². The van der Waals surface area contributed by atoms with Gasteiger partial charge >= 0.3 is 0 Å². The summed E-state index contributed by atoms with van der Waals surface area (Å²) in [5.74, 6) is 3.54. The van der Waals surface area contributed by atoms with Crippen LogP contribution < -0.4 is 15.2 Å². The largest absolute Gasteiger partial charge is 0.486 e. The quantitative estimate of drug-likeness (QED) is 0.919. The number of nitrogens with two attached hydrogens (primary N) is 1. The maximum Gasteiger partial charge on any atom is 0.161 e. The second-order valence-corrected chi connectivity index (χ2v) is 7.57. The normalized spacial score (nSPS) is 26.4. The number of benzene rings is 1. The van der Waals surface area contributed by atoms with Gasteiger partial charge in [0.05, 0.1) is 0 Å². The molecule has 3 unspecified atom stereocenters. The number of fused-ring (bicyclic) bond motifs is 1. The van der Waals surface area contributed by atoms with Crippen LogP contribution in [-0.4, -0.2) is 24.2 Å². The van der Waals surface area contributed by atoms with Crippen LogP contribution in [0.15, 0.2) is 18.2 Å². The van der Waals surface area contributed by atoms with Crippen LogP contribution in [0, 0.1) is 5.92 Å². The van der Waals surface area contributed by atoms with E-state index in [0.29, 0.717) is 13.2 Å². The zero-order valence-corrected chi connectivity index (χ0v) is 13.5. The van der Waals surface area contributed by atoms with Gasteiger partial charge in [-0.2, -0.15) is 11.8 Å². The van der Waals surface area contributed by atoms with Crippen LogP contribution in [0.4, 0.5) is 0 Å². The Morgan fingerprint density at radius 2 is 2.05 bits per heavy atom. The van der Waals surface area contributed by atoms with Crippen molar-refractivity contribution in [3.63, 3.8) is 0 Å². The first-order valence-corrected chi connectivity index (χ1v) is 9.04. The van der Waals surface area contributed by atoms with Crippen molar-refractivity contribution in [2.45, 2.75) is 43.9 Å². The van der Waals surface area contributed by atoms with Crippen molar-refractivity contribution < 1.29 is 9.47 Å². The van der Waals surface area contributed by atoms with Crippen molar-refractivity contribution in [1.82, 2.24) is 0 Å². The molecule has 1 heterocycles. The average Bonchev–Trinajstić information content (AvgIpc) is 2.52. The summed E-state index contributed by atoms with van der Waals surface area (Å²) >= 11 is 2.04. The summed E-state index contributed by atoms with van der Waals surface area (Å²) < 4.78 is 11.2. The Morgan fingerprint density at radius 3 is 2.86 bits per heavy atom. The predicted molar refractivity (Wildman–Crippen MR) is 88.2 cm³/mol. The van der Waals surface area contributed by atoms with Crippen LogP contribution in [0.3, 0.4) is 0 Å². The molecule has 1 aliphatic heterocycles. The second kappa shape index (κ2) is 6.93. The van der Waals surface area contributed by atoms with Gasteiger partial charge in [-0.25, -0.2) is 0 Å². The molecule has 4 heteroatoms. The SMILES string of the molecule is CC1CCCC(SCC(N)c2ccc3c(c2)OCCO3)C1. The smallest absolute Gasteiger partial charge is 0.161 e. The Bertz CT molecular complexity index is 480. The summed E-state index contributed by atoms with van der Waals surface area (Å²) in [6.07, 6.45) is 5.46. The van der Waals surface area contributed by atoms with Gasteiger partial charge in [0.1, 0.15) is 13.2 Å². The van der Waals surface area contributed by atoms with Crippen molar-refractivity contribution in [3.8, 4) is 11.5 Å². The summed E-state index contributed by atoms with van der Waals surface area (Å²) in [6, 6.07) is 6.17. The van der Waals surface area contributed by atoms with Crippen molar-refractivity contribution >= 4 is 11.8 Å². The maximum atomic E-state index is 6.36. The molecule has 0 bridgehead atoms. The predicted octanol–water partition coefficient (Wildman–Crippen LogP) is 3.77. The molecule has 0 spiro atoms. The minimum atomic E-state index is 0.0723. The van der Waals surface area contributed by atoms with E-state index in [-0.39, 0.29) is 6.04 Å². The Labute approximate surface area is 131 Å². The van der Waals surface area contributed by atoms with Gasteiger partial charge in [0.15, 0.2) is 11.5 Å². The number of ether oxygens (including phenoxy) is 2. The first-order chi connectivity index (χ1) is 10.2. The summed E-state index contributed by atoms with van der Waals surface area (Å²) in [5, 5.41) is 0.789. The van der Waals surface area contributed by atoms with Crippen LogP contribution in [-0.2, 0) is 0 Å². The first kappa shape index (κ1) is 15.0. The molecule has 2 aliphatic rings. The lowest BCUT2D eigenvalue weighted by atomic mass is 9.91. The van der Waals surface area contributed by atoms with Gasteiger partial charge < -0.3 is 15.2 Å². The average molecular weight is 307 g/mol. The third-order valence-corrected chi connectivity index (χ3v) is 5.85. The highest BCUT2D eigenvalue weighted by Gasteiger charge is 2.21. The van der Waals surface area contributed by atoms with E-state index >= 15 is 0 Å². The monoisotopic (exact) mass is 307 g/mol. The Balaban J connectivity index is 1.56. The molecule has 1 aromatic carbocycles. The van der Waals surface area contributed by atoms with Crippen LogP contribution in [0.2, 0.25) is 0 Å². The summed E-state index contributed by atoms with van der Waals surface area (Å²) in [6.45, 7) is 3.63. The molecule has 2 N–H and O–H groups in total.